The van der Waals surface area contributed by atoms with Crippen LogP contribution in [0, 0.1) is 0 Å². The standard InChI is InChI=1S/C17H28N2O/c1-2-11-18-14-15-7-3-4-10-17(15)19(12-6-13-20)16-8-5-9-16/h3-4,7,10,16,18,20H,2,5-6,8-9,11-14H2,1H3. The maximum absolute atomic E-state index is 9.14. The van der Waals surface area contributed by atoms with Crippen LogP contribution < -0.4 is 10.2 Å². The predicted molar refractivity (Wildman–Crippen MR) is 85.1 cm³/mol. The maximum Gasteiger partial charge on any atom is 0.0447 e. The molecular formula is C17H28N2O. The molecule has 1 aliphatic rings. The van der Waals surface area contributed by atoms with Crippen LogP contribution in [0.2, 0.25) is 0 Å². The third-order valence-electron chi connectivity index (χ3n) is 4.12. The van der Waals surface area contributed by atoms with Crippen LogP contribution in [0.15, 0.2) is 24.3 Å². The lowest BCUT2D eigenvalue weighted by Crippen LogP contribution is -2.41. The molecule has 0 amide bonds. The minimum atomic E-state index is 0.277. The van der Waals surface area contributed by atoms with Crippen molar-refractivity contribution >= 4 is 5.69 Å². The molecule has 112 valence electrons. The molecule has 3 heteroatoms. The largest absolute Gasteiger partial charge is 0.396 e. The highest BCUT2D eigenvalue weighted by atomic mass is 16.3. The minimum absolute atomic E-state index is 0.277. The molecule has 2 rings (SSSR count). The molecule has 1 aliphatic carbocycles. The van der Waals surface area contributed by atoms with Gasteiger partial charge in [0.15, 0.2) is 0 Å². The van der Waals surface area contributed by atoms with E-state index in [4.69, 9.17) is 5.11 Å². The highest BCUT2D eigenvalue weighted by Crippen LogP contribution is 2.31. The first kappa shape index (κ1) is 15.3. The molecule has 1 saturated carbocycles. The lowest BCUT2D eigenvalue weighted by atomic mass is 9.90. The highest BCUT2D eigenvalue weighted by molar-refractivity contribution is 5.54. The fourth-order valence-electron chi connectivity index (χ4n) is 2.78. The van der Waals surface area contributed by atoms with Crippen LogP contribution in [0.25, 0.3) is 0 Å². The fraction of sp³-hybridized carbons (Fsp3) is 0.647. The molecule has 1 aromatic carbocycles. The molecule has 0 saturated heterocycles. The lowest BCUT2D eigenvalue weighted by Gasteiger charge is -2.40. The number of rotatable bonds is 9. The van der Waals surface area contributed by atoms with Gasteiger partial charge < -0.3 is 15.3 Å². The first-order valence-corrected chi connectivity index (χ1v) is 8.03. The van der Waals surface area contributed by atoms with Crippen LogP contribution in [0.5, 0.6) is 0 Å². The molecule has 2 N–H and O–H groups in total. The Bertz CT molecular complexity index is 390. The second-order valence-electron chi connectivity index (χ2n) is 5.66. The molecule has 0 aromatic heterocycles. The van der Waals surface area contributed by atoms with Crippen molar-refractivity contribution in [2.75, 3.05) is 24.6 Å². The average molecular weight is 276 g/mol. The summed E-state index contributed by atoms with van der Waals surface area (Å²) in [6.07, 6.45) is 5.95. The first-order chi connectivity index (χ1) is 9.86. The Morgan fingerprint density at radius 2 is 2.10 bits per heavy atom. The van der Waals surface area contributed by atoms with E-state index in [2.05, 4.69) is 41.4 Å². The fourth-order valence-corrected chi connectivity index (χ4v) is 2.78. The molecule has 20 heavy (non-hydrogen) atoms. The topological polar surface area (TPSA) is 35.5 Å². The Kier molecular flexibility index (Phi) is 6.34. The molecule has 0 radical (unpaired) electrons. The third-order valence-corrected chi connectivity index (χ3v) is 4.12. The molecule has 0 unspecified atom stereocenters. The Hall–Kier alpha value is -1.06. The van der Waals surface area contributed by atoms with Crippen molar-refractivity contribution in [1.82, 2.24) is 5.32 Å². The van der Waals surface area contributed by atoms with Crippen LogP contribution in [0.4, 0.5) is 5.69 Å². The van der Waals surface area contributed by atoms with Crippen LogP contribution in [-0.4, -0.2) is 30.8 Å². The molecule has 0 atom stereocenters. The third kappa shape index (κ3) is 3.97. The zero-order valence-corrected chi connectivity index (χ0v) is 12.6. The zero-order valence-electron chi connectivity index (χ0n) is 12.6. The zero-order chi connectivity index (χ0) is 14.2. The van der Waals surface area contributed by atoms with Gasteiger partial charge in [-0.05, 0) is 50.3 Å². The Morgan fingerprint density at radius 3 is 2.75 bits per heavy atom. The second kappa shape index (κ2) is 8.28. The van der Waals surface area contributed by atoms with Crippen LogP contribution >= 0.6 is 0 Å². The van der Waals surface area contributed by atoms with Crippen molar-refractivity contribution in [3.05, 3.63) is 29.8 Å². The van der Waals surface area contributed by atoms with Gasteiger partial charge in [-0.2, -0.15) is 0 Å². The van der Waals surface area contributed by atoms with Gasteiger partial charge in [-0.15, -0.1) is 0 Å². The molecule has 0 spiro atoms. The molecule has 0 bridgehead atoms. The summed E-state index contributed by atoms with van der Waals surface area (Å²) in [4.78, 5) is 2.52. The van der Waals surface area contributed by atoms with E-state index in [9.17, 15) is 0 Å². The number of hydrogen-bond donors (Lipinski definition) is 2. The van der Waals surface area contributed by atoms with E-state index in [0.29, 0.717) is 6.04 Å². The smallest absolute Gasteiger partial charge is 0.0447 e. The van der Waals surface area contributed by atoms with Crippen LogP contribution in [0.1, 0.15) is 44.6 Å². The van der Waals surface area contributed by atoms with Crippen LogP contribution in [-0.2, 0) is 6.54 Å². The number of nitrogens with zero attached hydrogens (tertiary/aromatic N) is 1. The van der Waals surface area contributed by atoms with Crippen molar-refractivity contribution in [2.45, 2.75) is 51.6 Å². The number of para-hydroxylation sites is 1. The number of aliphatic hydroxyl groups excluding tert-OH is 1. The normalized spacial score (nSPS) is 15.1. The summed E-state index contributed by atoms with van der Waals surface area (Å²) in [6, 6.07) is 9.39. The van der Waals surface area contributed by atoms with Gasteiger partial charge in [0, 0.05) is 31.4 Å². The SMILES string of the molecule is CCCNCc1ccccc1N(CCCO)C1CCC1. The van der Waals surface area contributed by atoms with E-state index in [1.165, 1.54) is 36.9 Å². The summed E-state index contributed by atoms with van der Waals surface area (Å²) in [7, 11) is 0. The number of benzene rings is 1. The van der Waals surface area contributed by atoms with Crippen molar-refractivity contribution in [3.63, 3.8) is 0 Å². The van der Waals surface area contributed by atoms with E-state index in [1.807, 2.05) is 0 Å². The van der Waals surface area contributed by atoms with E-state index < -0.39 is 0 Å². The summed E-state index contributed by atoms with van der Waals surface area (Å²) < 4.78 is 0. The quantitative estimate of drug-likeness (QED) is 0.681. The van der Waals surface area contributed by atoms with Crippen LogP contribution in [0.3, 0.4) is 0 Å². The van der Waals surface area contributed by atoms with E-state index in [-0.39, 0.29) is 6.61 Å². The molecular weight excluding hydrogens is 248 g/mol. The van der Waals surface area contributed by atoms with Crippen molar-refractivity contribution in [1.29, 1.82) is 0 Å². The number of hydrogen-bond acceptors (Lipinski definition) is 3. The summed E-state index contributed by atoms with van der Waals surface area (Å²) in [5.41, 5.74) is 2.74. The molecule has 1 aromatic rings. The Labute approximate surface area is 123 Å². The van der Waals surface area contributed by atoms with Gasteiger partial charge in [-0.25, -0.2) is 0 Å². The maximum atomic E-state index is 9.14. The van der Waals surface area contributed by atoms with Gasteiger partial charge in [-0.3, -0.25) is 0 Å². The summed E-state index contributed by atoms with van der Waals surface area (Å²) in [6.45, 7) is 5.44. The van der Waals surface area contributed by atoms with E-state index in [1.54, 1.807) is 0 Å². The lowest BCUT2D eigenvalue weighted by molar-refractivity contribution is 0.283. The highest BCUT2D eigenvalue weighted by Gasteiger charge is 2.25. The summed E-state index contributed by atoms with van der Waals surface area (Å²) in [5, 5.41) is 12.6. The molecule has 3 nitrogen and oxygen atoms in total. The van der Waals surface area contributed by atoms with Gasteiger partial charge in [-0.1, -0.05) is 25.1 Å². The van der Waals surface area contributed by atoms with Crippen molar-refractivity contribution < 1.29 is 5.11 Å². The summed E-state index contributed by atoms with van der Waals surface area (Å²) in [5.74, 6) is 0. The van der Waals surface area contributed by atoms with E-state index in [0.717, 1.165) is 26.1 Å². The second-order valence-corrected chi connectivity index (χ2v) is 5.66. The molecule has 0 heterocycles. The Morgan fingerprint density at radius 1 is 1.30 bits per heavy atom. The monoisotopic (exact) mass is 276 g/mol. The van der Waals surface area contributed by atoms with Gasteiger partial charge in [0.2, 0.25) is 0 Å². The molecule has 1 fully saturated rings. The minimum Gasteiger partial charge on any atom is -0.396 e. The number of aliphatic hydroxyl groups is 1. The van der Waals surface area contributed by atoms with Gasteiger partial charge in [0.05, 0.1) is 0 Å². The number of nitrogens with one attached hydrogen (secondary N) is 1. The number of anilines is 1. The van der Waals surface area contributed by atoms with Gasteiger partial charge in [0.1, 0.15) is 0 Å². The average Bonchev–Trinajstić information content (AvgIpc) is 2.42. The summed E-state index contributed by atoms with van der Waals surface area (Å²) >= 11 is 0. The van der Waals surface area contributed by atoms with Crippen molar-refractivity contribution in [3.8, 4) is 0 Å². The predicted octanol–water partition coefficient (Wildman–Crippen LogP) is 2.93. The molecule has 0 aliphatic heterocycles. The van der Waals surface area contributed by atoms with Gasteiger partial charge >= 0.3 is 0 Å². The van der Waals surface area contributed by atoms with Crippen molar-refractivity contribution in [2.24, 2.45) is 0 Å². The van der Waals surface area contributed by atoms with Gasteiger partial charge in [0.25, 0.3) is 0 Å². The Balaban J connectivity index is 2.09. The first-order valence-electron chi connectivity index (χ1n) is 8.03. The van der Waals surface area contributed by atoms with E-state index >= 15 is 0 Å².